The Bertz CT molecular complexity index is 392. The minimum absolute atomic E-state index is 0.668. The molecule has 0 bridgehead atoms. The molecule has 1 aromatic carbocycles. The van der Waals surface area contributed by atoms with Crippen molar-refractivity contribution in [1.29, 1.82) is 0 Å². The molecule has 1 saturated heterocycles. The van der Waals surface area contributed by atoms with Crippen molar-refractivity contribution in [2.24, 2.45) is 5.92 Å². The molecule has 1 heterocycles. The molecule has 18 heavy (non-hydrogen) atoms. The van der Waals surface area contributed by atoms with E-state index >= 15 is 0 Å². The molecule has 0 radical (unpaired) electrons. The van der Waals surface area contributed by atoms with E-state index in [2.05, 4.69) is 59.8 Å². The van der Waals surface area contributed by atoms with Crippen LogP contribution in [0.1, 0.15) is 36.5 Å². The number of hydrogen-bond acceptors (Lipinski definition) is 1. The summed E-state index contributed by atoms with van der Waals surface area (Å²) in [5, 5.41) is 0. The van der Waals surface area contributed by atoms with Gasteiger partial charge >= 0.3 is 0 Å². The second-order valence-corrected chi connectivity index (χ2v) is 7.15. The molecule has 1 aliphatic rings. The Morgan fingerprint density at radius 2 is 1.89 bits per heavy atom. The fraction of sp³-hybridized carbons (Fsp3) is 0.625. The zero-order chi connectivity index (χ0) is 13.1. The van der Waals surface area contributed by atoms with Crippen LogP contribution in [-0.2, 0) is 6.54 Å². The van der Waals surface area contributed by atoms with Crippen molar-refractivity contribution in [2.45, 2.75) is 45.0 Å². The van der Waals surface area contributed by atoms with E-state index < -0.39 is 0 Å². The van der Waals surface area contributed by atoms with Crippen molar-refractivity contribution < 1.29 is 0 Å². The van der Waals surface area contributed by atoms with Gasteiger partial charge in [0.05, 0.1) is 0 Å². The van der Waals surface area contributed by atoms with E-state index in [1.54, 1.807) is 0 Å². The lowest BCUT2D eigenvalue weighted by molar-refractivity contribution is 0.178. The van der Waals surface area contributed by atoms with Gasteiger partial charge in [0.2, 0.25) is 0 Å². The van der Waals surface area contributed by atoms with E-state index in [0.717, 1.165) is 12.5 Å². The third kappa shape index (κ3) is 3.58. The van der Waals surface area contributed by atoms with Crippen LogP contribution in [0.5, 0.6) is 0 Å². The van der Waals surface area contributed by atoms with Gasteiger partial charge in [-0.2, -0.15) is 0 Å². The molecule has 100 valence electrons. The largest absolute Gasteiger partial charge is 0.299 e. The highest BCUT2D eigenvalue weighted by Crippen LogP contribution is 2.26. The number of alkyl halides is 1. The van der Waals surface area contributed by atoms with E-state index in [9.17, 15) is 0 Å². The molecule has 0 aromatic heterocycles. The van der Waals surface area contributed by atoms with Crippen molar-refractivity contribution in [3.8, 4) is 0 Å². The standard InChI is InChI=1S/C16H24BrN/c1-12-4-5-15(10-13(12)2)11-18-8-6-16(7-9-18)14(3)17/h4-5,10,14,16H,6-9,11H2,1-3H3. The summed E-state index contributed by atoms with van der Waals surface area (Å²) in [6.07, 6.45) is 2.66. The topological polar surface area (TPSA) is 3.24 Å². The highest BCUT2D eigenvalue weighted by Gasteiger charge is 2.22. The van der Waals surface area contributed by atoms with Crippen molar-refractivity contribution in [1.82, 2.24) is 4.90 Å². The maximum absolute atomic E-state index is 3.72. The van der Waals surface area contributed by atoms with Crippen LogP contribution in [0.3, 0.4) is 0 Å². The van der Waals surface area contributed by atoms with Crippen LogP contribution in [0.25, 0.3) is 0 Å². The summed E-state index contributed by atoms with van der Waals surface area (Å²) in [4.78, 5) is 3.26. The van der Waals surface area contributed by atoms with Gasteiger partial charge in [-0.3, -0.25) is 4.90 Å². The zero-order valence-corrected chi connectivity index (χ0v) is 13.3. The molecule has 0 aliphatic carbocycles. The Hall–Kier alpha value is -0.340. The Kier molecular flexibility index (Phi) is 4.85. The summed E-state index contributed by atoms with van der Waals surface area (Å²) >= 11 is 3.72. The Morgan fingerprint density at radius 3 is 2.44 bits per heavy atom. The normalized spacial score (nSPS) is 20.0. The van der Waals surface area contributed by atoms with Gasteiger partial charge in [-0.1, -0.05) is 41.1 Å². The maximum Gasteiger partial charge on any atom is 0.0233 e. The lowest BCUT2D eigenvalue weighted by Crippen LogP contribution is -2.35. The molecule has 0 amide bonds. The molecule has 1 unspecified atom stereocenters. The predicted octanol–water partition coefficient (Wildman–Crippen LogP) is 4.30. The second kappa shape index (κ2) is 6.21. The third-order valence-corrected chi connectivity index (χ3v) is 5.01. The molecule has 1 fully saturated rings. The minimum Gasteiger partial charge on any atom is -0.299 e. The minimum atomic E-state index is 0.668. The summed E-state index contributed by atoms with van der Waals surface area (Å²) < 4.78 is 0. The van der Waals surface area contributed by atoms with Crippen LogP contribution >= 0.6 is 15.9 Å². The van der Waals surface area contributed by atoms with Crippen LogP contribution in [0, 0.1) is 19.8 Å². The van der Waals surface area contributed by atoms with E-state index in [-0.39, 0.29) is 0 Å². The van der Waals surface area contributed by atoms with Crippen LogP contribution in [0.2, 0.25) is 0 Å². The fourth-order valence-corrected chi connectivity index (χ4v) is 3.26. The van der Waals surface area contributed by atoms with Gasteiger partial charge in [-0.05, 0) is 62.4 Å². The molecule has 1 nitrogen and oxygen atoms in total. The first-order valence-corrected chi connectivity index (χ1v) is 7.90. The monoisotopic (exact) mass is 309 g/mol. The quantitative estimate of drug-likeness (QED) is 0.753. The number of nitrogens with zero attached hydrogens (tertiary/aromatic N) is 1. The Balaban J connectivity index is 1.89. The average Bonchev–Trinajstić information content (AvgIpc) is 2.34. The van der Waals surface area contributed by atoms with Crippen molar-refractivity contribution in [2.75, 3.05) is 13.1 Å². The summed E-state index contributed by atoms with van der Waals surface area (Å²) in [6, 6.07) is 6.87. The second-order valence-electron chi connectivity index (χ2n) is 5.71. The first-order valence-electron chi connectivity index (χ1n) is 6.99. The number of halogens is 1. The number of hydrogen-bond donors (Lipinski definition) is 0. The lowest BCUT2D eigenvalue weighted by Gasteiger charge is -2.33. The van der Waals surface area contributed by atoms with Gasteiger partial charge in [0.1, 0.15) is 0 Å². The smallest absolute Gasteiger partial charge is 0.0233 e. The average molecular weight is 310 g/mol. The number of aryl methyl sites for hydroxylation is 2. The van der Waals surface area contributed by atoms with Gasteiger partial charge in [0, 0.05) is 11.4 Å². The van der Waals surface area contributed by atoms with E-state index in [1.165, 1.54) is 42.6 Å². The predicted molar refractivity (Wildman–Crippen MR) is 82.3 cm³/mol. The van der Waals surface area contributed by atoms with Gasteiger partial charge in [0.15, 0.2) is 0 Å². The molecule has 0 spiro atoms. The summed E-state index contributed by atoms with van der Waals surface area (Å²) in [6.45, 7) is 10.3. The highest BCUT2D eigenvalue weighted by molar-refractivity contribution is 9.09. The number of likely N-dealkylation sites (tertiary alicyclic amines) is 1. The van der Waals surface area contributed by atoms with Crippen LogP contribution in [0.4, 0.5) is 0 Å². The lowest BCUT2D eigenvalue weighted by atomic mass is 9.94. The SMILES string of the molecule is Cc1ccc(CN2CCC(C(C)Br)CC2)cc1C. The van der Waals surface area contributed by atoms with Crippen LogP contribution < -0.4 is 0 Å². The van der Waals surface area contributed by atoms with Crippen molar-refractivity contribution >= 4 is 15.9 Å². The van der Waals surface area contributed by atoms with Gasteiger partial charge < -0.3 is 0 Å². The molecule has 0 saturated carbocycles. The third-order valence-electron chi connectivity index (χ3n) is 4.26. The van der Waals surface area contributed by atoms with Gasteiger partial charge in [0.25, 0.3) is 0 Å². The molecular weight excluding hydrogens is 286 g/mol. The molecule has 2 heteroatoms. The first kappa shape index (κ1) is 14.1. The summed E-state index contributed by atoms with van der Waals surface area (Å²) in [5.41, 5.74) is 4.27. The number of rotatable bonds is 3. The van der Waals surface area contributed by atoms with Crippen LogP contribution in [0.15, 0.2) is 18.2 Å². The number of benzene rings is 1. The van der Waals surface area contributed by atoms with E-state index in [0.29, 0.717) is 4.83 Å². The van der Waals surface area contributed by atoms with Gasteiger partial charge in [-0.15, -0.1) is 0 Å². The van der Waals surface area contributed by atoms with E-state index in [4.69, 9.17) is 0 Å². The number of piperidine rings is 1. The highest BCUT2D eigenvalue weighted by atomic mass is 79.9. The first-order chi connectivity index (χ1) is 8.56. The molecule has 1 atom stereocenters. The molecule has 1 aromatic rings. The molecule has 0 N–H and O–H groups in total. The zero-order valence-electron chi connectivity index (χ0n) is 11.7. The summed E-state index contributed by atoms with van der Waals surface area (Å²) in [5.74, 6) is 0.862. The molecule has 2 rings (SSSR count). The molecular formula is C16H24BrN. The Morgan fingerprint density at radius 1 is 1.22 bits per heavy atom. The van der Waals surface area contributed by atoms with Crippen molar-refractivity contribution in [3.05, 3.63) is 34.9 Å². The van der Waals surface area contributed by atoms with Gasteiger partial charge in [-0.25, -0.2) is 0 Å². The molecule has 1 aliphatic heterocycles. The fourth-order valence-electron chi connectivity index (χ4n) is 2.73. The van der Waals surface area contributed by atoms with Crippen LogP contribution in [-0.4, -0.2) is 22.8 Å². The maximum atomic E-state index is 3.72. The van der Waals surface area contributed by atoms with E-state index in [1.807, 2.05) is 0 Å². The van der Waals surface area contributed by atoms with Crippen molar-refractivity contribution in [3.63, 3.8) is 0 Å². The summed E-state index contributed by atoms with van der Waals surface area (Å²) in [7, 11) is 0. The Labute approximate surface area is 120 Å².